The quantitative estimate of drug-likeness (QED) is 0.557. The van der Waals surface area contributed by atoms with E-state index in [1.165, 1.54) is 5.69 Å². The van der Waals surface area contributed by atoms with E-state index in [1.807, 2.05) is 53.4 Å². The fourth-order valence-electron chi connectivity index (χ4n) is 4.51. The lowest BCUT2D eigenvalue weighted by Crippen LogP contribution is -2.49. The number of aromatic nitrogens is 3. The maximum absolute atomic E-state index is 12.8. The summed E-state index contributed by atoms with van der Waals surface area (Å²) in [5.74, 6) is -0.0595. The Labute approximate surface area is 198 Å². The minimum Gasteiger partial charge on any atom is -0.369 e. The minimum absolute atomic E-state index is 0.0220. The van der Waals surface area contributed by atoms with Gasteiger partial charge < -0.3 is 19.4 Å². The lowest BCUT2D eigenvalue weighted by atomic mass is 10.0. The molecular formula is C25H28N6O3. The van der Waals surface area contributed by atoms with Crippen LogP contribution in [0.3, 0.4) is 0 Å². The molecule has 0 N–H and O–H groups in total. The van der Waals surface area contributed by atoms with Crippen molar-refractivity contribution in [2.24, 2.45) is 0 Å². The number of benzene rings is 2. The van der Waals surface area contributed by atoms with Gasteiger partial charge in [-0.15, -0.1) is 5.10 Å². The molecule has 2 saturated heterocycles. The molecule has 2 amide bonds. The second-order valence-electron chi connectivity index (χ2n) is 8.57. The number of ether oxygens (including phenoxy) is 1. The summed E-state index contributed by atoms with van der Waals surface area (Å²) in [6, 6.07) is 19.9. The standard InChI is InChI=1S/C25H28N6O3/c32-24(29-13-11-28(12-14-29)22-9-5-2-6-10-22)17-30-15-21(26-27-30)16-31-23(18-34-19-25(31)33)20-7-3-1-4-8-20/h1-10,15,23H,11-14,16-19H2/t23-/m0/s1. The van der Waals surface area contributed by atoms with Gasteiger partial charge in [-0.3, -0.25) is 9.59 Å². The number of anilines is 1. The van der Waals surface area contributed by atoms with Crippen LogP contribution >= 0.6 is 0 Å². The largest absolute Gasteiger partial charge is 0.369 e. The minimum atomic E-state index is -0.171. The highest BCUT2D eigenvalue weighted by Crippen LogP contribution is 2.26. The van der Waals surface area contributed by atoms with Crippen LogP contribution in [-0.4, -0.2) is 76.0 Å². The van der Waals surface area contributed by atoms with Gasteiger partial charge in [0.1, 0.15) is 18.8 Å². The van der Waals surface area contributed by atoms with Crippen LogP contribution in [0.2, 0.25) is 0 Å². The summed E-state index contributed by atoms with van der Waals surface area (Å²) in [5, 5.41) is 8.36. The van der Waals surface area contributed by atoms with Crippen LogP contribution in [-0.2, 0) is 27.4 Å². The van der Waals surface area contributed by atoms with E-state index in [-0.39, 0.29) is 31.0 Å². The van der Waals surface area contributed by atoms with E-state index >= 15 is 0 Å². The Morgan fingerprint density at radius 3 is 2.41 bits per heavy atom. The van der Waals surface area contributed by atoms with E-state index in [9.17, 15) is 9.59 Å². The Kier molecular flexibility index (Phi) is 6.53. The van der Waals surface area contributed by atoms with E-state index < -0.39 is 0 Å². The highest BCUT2D eigenvalue weighted by Gasteiger charge is 2.30. The zero-order chi connectivity index (χ0) is 23.3. The van der Waals surface area contributed by atoms with Gasteiger partial charge in [0.05, 0.1) is 25.4 Å². The van der Waals surface area contributed by atoms with Crippen LogP contribution in [0.5, 0.6) is 0 Å². The van der Waals surface area contributed by atoms with Crippen LogP contribution in [0.1, 0.15) is 17.3 Å². The second kappa shape index (κ2) is 10.0. The molecule has 2 fully saturated rings. The number of carbonyl (C=O) groups excluding carboxylic acids is 2. The molecule has 3 aromatic rings. The molecular weight excluding hydrogens is 432 g/mol. The summed E-state index contributed by atoms with van der Waals surface area (Å²) in [7, 11) is 0. The third-order valence-electron chi connectivity index (χ3n) is 6.35. The van der Waals surface area contributed by atoms with Crippen molar-refractivity contribution >= 4 is 17.5 Å². The van der Waals surface area contributed by atoms with Crippen LogP contribution in [0.15, 0.2) is 66.9 Å². The third-order valence-corrected chi connectivity index (χ3v) is 6.35. The molecule has 0 radical (unpaired) electrons. The molecule has 0 saturated carbocycles. The number of hydrogen-bond acceptors (Lipinski definition) is 6. The van der Waals surface area contributed by atoms with Crippen molar-refractivity contribution in [3.8, 4) is 0 Å². The topological polar surface area (TPSA) is 83.8 Å². The predicted octanol–water partition coefficient (Wildman–Crippen LogP) is 1.73. The lowest BCUT2D eigenvalue weighted by molar-refractivity contribution is -0.149. The Hall–Kier alpha value is -3.72. The third kappa shape index (κ3) is 4.94. The number of para-hydroxylation sites is 1. The van der Waals surface area contributed by atoms with E-state index in [0.717, 1.165) is 18.7 Å². The molecule has 0 aliphatic carbocycles. The van der Waals surface area contributed by atoms with Crippen molar-refractivity contribution in [1.82, 2.24) is 24.8 Å². The van der Waals surface area contributed by atoms with Crippen LogP contribution in [0.25, 0.3) is 0 Å². The Morgan fingerprint density at radius 2 is 1.68 bits per heavy atom. The van der Waals surface area contributed by atoms with Gasteiger partial charge in [-0.2, -0.15) is 0 Å². The number of morpholine rings is 1. The van der Waals surface area contributed by atoms with Gasteiger partial charge in [0.15, 0.2) is 0 Å². The van der Waals surface area contributed by atoms with Gasteiger partial charge in [0.25, 0.3) is 0 Å². The van der Waals surface area contributed by atoms with Gasteiger partial charge in [0, 0.05) is 31.9 Å². The first-order chi connectivity index (χ1) is 16.7. The number of nitrogens with zero attached hydrogens (tertiary/aromatic N) is 6. The molecule has 0 unspecified atom stereocenters. The first-order valence-corrected chi connectivity index (χ1v) is 11.6. The molecule has 0 spiro atoms. The summed E-state index contributed by atoms with van der Waals surface area (Å²) < 4.78 is 7.05. The van der Waals surface area contributed by atoms with E-state index in [4.69, 9.17) is 4.74 Å². The molecule has 2 aliphatic rings. The smallest absolute Gasteiger partial charge is 0.249 e. The van der Waals surface area contributed by atoms with E-state index in [2.05, 4.69) is 27.3 Å². The normalized spacial score (nSPS) is 18.9. The second-order valence-corrected chi connectivity index (χ2v) is 8.57. The maximum Gasteiger partial charge on any atom is 0.249 e. The SMILES string of the molecule is O=C(Cn1cc(CN2C(=O)COC[C@H]2c2ccccc2)nn1)N1CCN(c2ccccc2)CC1. The van der Waals surface area contributed by atoms with Crippen molar-refractivity contribution in [3.63, 3.8) is 0 Å². The van der Waals surface area contributed by atoms with Crippen molar-refractivity contribution in [1.29, 1.82) is 0 Å². The van der Waals surface area contributed by atoms with Gasteiger partial charge in [-0.1, -0.05) is 53.7 Å². The molecule has 2 aliphatic heterocycles. The summed E-state index contributed by atoms with van der Waals surface area (Å²) >= 11 is 0. The molecule has 3 heterocycles. The van der Waals surface area contributed by atoms with Crippen molar-refractivity contribution < 1.29 is 14.3 Å². The van der Waals surface area contributed by atoms with Crippen molar-refractivity contribution in [3.05, 3.63) is 78.1 Å². The molecule has 1 aromatic heterocycles. The fraction of sp³-hybridized carbons (Fsp3) is 0.360. The highest BCUT2D eigenvalue weighted by atomic mass is 16.5. The van der Waals surface area contributed by atoms with Crippen LogP contribution < -0.4 is 4.90 Å². The van der Waals surface area contributed by atoms with Crippen LogP contribution in [0, 0.1) is 0 Å². The summed E-state index contributed by atoms with van der Waals surface area (Å²) in [6.45, 7) is 3.93. The number of hydrogen-bond donors (Lipinski definition) is 0. The maximum atomic E-state index is 12.8. The monoisotopic (exact) mass is 460 g/mol. The van der Waals surface area contributed by atoms with Gasteiger partial charge in [0.2, 0.25) is 11.8 Å². The van der Waals surface area contributed by atoms with Crippen molar-refractivity contribution in [2.75, 3.05) is 44.3 Å². The Balaban J connectivity index is 1.18. The highest BCUT2D eigenvalue weighted by molar-refractivity contribution is 5.78. The molecule has 34 heavy (non-hydrogen) atoms. The molecule has 1 atom stereocenters. The fourth-order valence-corrected chi connectivity index (χ4v) is 4.51. The van der Waals surface area contributed by atoms with E-state index in [1.54, 1.807) is 15.8 Å². The number of amides is 2. The lowest BCUT2D eigenvalue weighted by Gasteiger charge is -2.36. The summed E-state index contributed by atoms with van der Waals surface area (Å²) in [4.78, 5) is 31.4. The Morgan fingerprint density at radius 1 is 0.971 bits per heavy atom. The average molecular weight is 461 g/mol. The van der Waals surface area contributed by atoms with Gasteiger partial charge in [-0.25, -0.2) is 4.68 Å². The van der Waals surface area contributed by atoms with Crippen molar-refractivity contribution in [2.45, 2.75) is 19.1 Å². The zero-order valence-electron chi connectivity index (χ0n) is 19.0. The average Bonchev–Trinajstić information content (AvgIpc) is 3.33. The molecule has 9 nitrogen and oxygen atoms in total. The molecule has 0 bridgehead atoms. The molecule has 2 aromatic carbocycles. The first kappa shape index (κ1) is 22.1. The van der Waals surface area contributed by atoms with Gasteiger partial charge in [-0.05, 0) is 17.7 Å². The first-order valence-electron chi connectivity index (χ1n) is 11.6. The number of carbonyl (C=O) groups is 2. The van der Waals surface area contributed by atoms with E-state index in [0.29, 0.717) is 31.9 Å². The summed E-state index contributed by atoms with van der Waals surface area (Å²) in [6.07, 6.45) is 1.75. The summed E-state index contributed by atoms with van der Waals surface area (Å²) in [5.41, 5.74) is 2.85. The number of rotatable bonds is 6. The molecule has 5 rings (SSSR count). The molecule has 9 heteroatoms. The zero-order valence-corrected chi connectivity index (χ0v) is 19.0. The number of piperazine rings is 1. The predicted molar refractivity (Wildman–Crippen MR) is 126 cm³/mol. The van der Waals surface area contributed by atoms with Gasteiger partial charge >= 0.3 is 0 Å². The molecule has 176 valence electrons. The van der Waals surface area contributed by atoms with Crippen LogP contribution in [0.4, 0.5) is 5.69 Å². The Bertz CT molecular complexity index is 1110.